The molecule has 0 bridgehead atoms. The van der Waals surface area contributed by atoms with Crippen LogP contribution in [0, 0.1) is 13.8 Å². The third-order valence-corrected chi connectivity index (χ3v) is 4.42. The van der Waals surface area contributed by atoms with Crippen LogP contribution in [0.1, 0.15) is 28.7 Å². The van der Waals surface area contributed by atoms with E-state index in [1.807, 2.05) is 45.0 Å². The van der Waals surface area contributed by atoms with Gasteiger partial charge in [0.25, 0.3) is 5.91 Å². The van der Waals surface area contributed by atoms with Crippen LogP contribution in [0.3, 0.4) is 0 Å². The predicted molar refractivity (Wildman–Crippen MR) is 112 cm³/mol. The molecule has 0 aliphatic carbocycles. The first-order valence-corrected chi connectivity index (χ1v) is 9.43. The molecule has 29 heavy (non-hydrogen) atoms. The lowest BCUT2D eigenvalue weighted by atomic mass is 10.2. The van der Waals surface area contributed by atoms with E-state index in [9.17, 15) is 9.59 Å². The molecule has 1 heterocycles. The van der Waals surface area contributed by atoms with Crippen molar-refractivity contribution in [3.8, 4) is 11.4 Å². The highest BCUT2D eigenvalue weighted by Gasteiger charge is 2.11. The minimum Gasteiger partial charge on any atom is -0.494 e. The van der Waals surface area contributed by atoms with E-state index in [-0.39, 0.29) is 6.61 Å². The molecule has 150 valence electrons. The van der Waals surface area contributed by atoms with Crippen LogP contribution in [-0.4, -0.2) is 29.7 Å². The zero-order chi connectivity index (χ0) is 20.8. The van der Waals surface area contributed by atoms with Gasteiger partial charge in [-0.1, -0.05) is 0 Å². The van der Waals surface area contributed by atoms with Crippen molar-refractivity contribution >= 4 is 17.6 Å². The summed E-state index contributed by atoms with van der Waals surface area (Å²) in [4.78, 5) is 24.2. The van der Waals surface area contributed by atoms with Crippen molar-refractivity contribution in [3.05, 3.63) is 77.6 Å². The summed E-state index contributed by atoms with van der Waals surface area (Å²) in [6.45, 7) is 6.17. The van der Waals surface area contributed by atoms with Gasteiger partial charge in [-0.2, -0.15) is 0 Å². The fourth-order valence-corrected chi connectivity index (χ4v) is 3.03. The third kappa shape index (κ3) is 5.04. The van der Waals surface area contributed by atoms with Crippen LogP contribution in [0.25, 0.3) is 5.69 Å². The summed E-state index contributed by atoms with van der Waals surface area (Å²) in [5.74, 6) is -0.220. The minimum atomic E-state index is -0.542. The highest BCUT2D eigenvalue weighted by atomic mass is 16.5. The number of rotatable bonds is 7. The molecular weight excluding hydrogens is 368 g/mol. The minimum absolute atomic E-state index is 0.358. The SMILES string of the molecule is CCOc1ccc(NC(=O)COC(=O)c2ccc(-n3c(C)ccc3C)cc2)cc1. The molecule has 1 amide bonds. The van der Waals surface area contributed by atoms with E-state index >= 15 is 0 Å². The lowest BCUT2D eigenvalue weighted by molar-refractivity contribution is -0.119. The molecule has 0 spiro atoms. The van der Waals surface area contributed by atoms with Crippen molar-refractivity contribution < 1.29 is 19.1 Å². The van der Waals surface area contributed by atoms with E-state index in [0.29, 0.717) is 17.9 Å². The van der Waals surface area contributed by atoms with Crippen molar-refractivity contribution in [2.45, 2.75) is 20.8 Å². The van der Waals surface area contributed by atoms with E-state index in [0.717, 1.165) is 22.8 Å². The number of anilines is 1. The van der Waals surface area contributed by atoms with Gasteiger partial charge in [0.05, 0.1) is 12.2 Å². The van der Waals surface area contributed by atoms with E-state index in [2.05, 4.69) is 9.88 Å². The van der Waals surface area contributed by atoms with Gasteiger partial charge in [-0.05, 0) is 81.4 Å². The van der Waals surface area contributed by atoms with Gasteiger partial charge in [0.2, 0.25) is 0 Å². The Bertz CT molecular complexity index is 969. The Morgan fingerprint density at radius 1 is 0.897 bits per heavy atom. The summed E-state index contributed by atoms with van der Waals surface area (Å²) in [6, 6.07) is 18.2. The van der Waals surface area contributed by atoms with Gasteiger partial charge in [0, 0.05) is 22.8 Å². The standard InChI is InChI=1S/C23H24N2O4/c1-4-28-21-13-9-19(10-14-21)24-22(26)15-29-23(27)18-7-11-20(12-8-18)25-16(2)5-6-17(25)3/h5-14H,4,15H2,1-3H3,(H,24,26). The molecule has 0 unspecified atom stereocenters. The van der Waals surface area contributed by atoms with Crippen molar-refractivity contribution in [1.29, 1.82) is 0 Å². The van der Waals surface area contributed by atoms with Gasteiger partial charge in [0.1, 0.15) is 5.75 Å². The number of amides is 1. The van der Waals surface area contributed by atoms with E-state index in [1.54, 1.807) is 36.4 Å². The first-order chi connectivity index (χ1) is 14.0. The Morgan fingerprint density at radius 3 is 2.10 bits per heavy atom. The van der Waals surface area contributed by atoms with Crippen molar-refractivity contribution in [2.24, 2.45) is 0 Å². The summed E-state index contributed by atoms with van der Waals surface area (Å²) in [6.07, 6.45) is 0. The van der Waals surface area contributed by atoms with Gasteiger partial charge >= 0.3 is 5.97 Å². The quantitative estimate of drug-likeness (QED) is 0.609. The number of benzene rings is 2. The van der Waals surface area contributed by atoms with Crippen LogP contribution in [-0.2, 0) is 9.53 Å². The molecule has 3 rings (SSSR count). The Labute approximate surface area is 170 Å². The van der Waals surface area contributed by atoms with Gasteiger partial charge in [0.15, 0.2) is 6.61 Å². The van der Waals surface area contributed by atoms with Gasteiger partial charge in [-0.3, -0.25) is 4.79 Å². The number of carbonyl (C=O) groups is 2. The van der Waals surface area contributed by atoms with Gasteiger partial charge in [-0.15, -0.1) is 0 Å². The van der Waals surface area contributed by atoms with Gasteiger partial charge in [-0.25, -0.2) is 4.79 Å². The molecular formula is C23H24N2O4. The highest BCUT2D eigenvalue weighted by Crippen LogP contribution is 2.18. The average Bonchev–Trinajstić information content (AvgIpc) is 3.06. The molecule has 1 aromatic heterocycles. The molecule has 2 aromatic carbocycles. The van der Waals surface area contributed by atoms with Crippen molar-refractivity contribution in [3.63, 3.8) is 0 Å². The molecule has 0 aliphatic rings. The topological polar surface area (TPSA) is 69.6 Å². The molecule has 0 fully saturated rings. The van der Waals surface area contributed by atoms with Crippen LogP contribution in [0.5, 0.6) is 5.75 Å². The zero-order valence-corrected chi connectivity index (χ0v) is 16.8. The maximum atomic E-state index is 12.2. The van der Waals surface area contributed by atoms with Crippen LogP contribution in [0.4, 0.5) is 5.69 Å². The smallest absolute Gasteiger partial charge is 0.338 e. The van der Waals surface area contributed by atoms with E-state index in [1.165, 1.54) is 0 Å². The summed E-state index contributed by atoms with van der Waals surface area (Å²) >= 11 is 0. The summed E-state index contributed by atoms with van der Waals surface area (Å²) < 4.78 is 12.6. The summed E-state index contributed by atoms with van der Waals surface area (Å²) in [5, 5.41) is 2.68. The van der Waals surface area contributed by atoms with Crippen LogP contribution < -0.4 is 10.1 Å². The number of aryl methyl sites for hydroxylation is 2. The molecule has 1 N–H and O–H groups in total. The molecule has 0 aliphatic heterocycles. The normalized spacial score (nSPS) is 10.4. The molecule has 3 aromatic rings. The van der Waals surface area contributed by atoms with Crippen LogP contribution >= 0.6 is 0 Å². The number of ether oxygens (including phenoxy) is 2. The second-order valence-electron chi connectivity index (χ2n) is 6.58. The first-order valence-electron chi connectivity index (χ1n) is 9.43. The molecule has 0 atom stereocenters. The average molecular weight is 392 g/mol. The third-order valence-electron chi connectivity index (χ3n) is 4.42. The number of nitrogens with zero attached hydrogens (tertiary/aromatic N) is 1. The second kappa shape index (κ2) is 9.10. The number of aromatic nitrogens is 1. The predicted octanol–water partition coefficient (Wildman–Crippen LogP) is 4.29. The molecule has 0 saturated heterocycles. The van der Waals surface area contributed by atoms with Crippen molar-refractivity contribution in [1.82, 2.24) is 4.57 Å². The number of hydrogen-bond acceptors (Lipinski definition) is 4. The Morgan fingerprint density at radius 2 is 1.52 bits per heavy atom. The summed E-state index contributed by atoms with van der Waals surface area (Å²) in [7, 11) is 0. The van der Waals surface area contributed by atoms with Crippen molar-refractivity contribution in [2.75, 3.05) is 18.5 Å². The molecule has 0 saturated carbocycles. The second-order valence-corrected chi connectivity index (χ2v) is 6.58. The number of esters is 1. The molecule has 6 heteroatoms. The number of carbonyl (C=O) groups excluding carboxylic acids is 2. The maximum Gasteiger partial charge on any atom is 0.338 e. The molecule has 6 nitrogen and oxygen atoms in total. The zero-order valence-electron chi connectivity index (χ0n) is 16.8. The number of nitrogens with one attached hydrogen (secondary N) is 1. The lowest BCUT2D eigenvalue weighted by Crippen LogP contribution is -2.20. The van der Waals surface area contributed by atoms with Gasteiger partial charge < -0.3 is 19.4 Å². The lowest BCUT2D eigenvalue weighted by Gasteiger charge is -2.10. The highest BCUT2D eigenvalue weighted by molar-refractivity contribution is 5.95. The summed E-state index contributed by atoms with van der Waals surface area (Å²) in [5.41, 5.74) is 4.20. The maximum absolute atomic E-state index is 12.2. The van der Waals surface area contributed by atoms with Crippen LogP contribution in [0.2, 0.25) is 0 Å². The fraction of sp³-hybridized carbons (Fsp3) is 0.217. The Hall–Kier alpha value is -3.54. The Balaban J connectivity index is 1.54. The largest absolute Gasteiger partial charge is 0.494 e. The fourth-order valence-electron chi connectivity index (χ4n) is 3.03. The van der Waals surface area contributed by atoms with E-state index in [4.69, 9.17) is 9.47 Å². The number of hydrogen-bond donors (Lipinski definition) is 1. The van der Waals surface area contributed by atoms with Crippen LogP contribution in [0.15, 0.2) is 60.7 Å². The first kappa shape index (κ1) is 20.2. The Kier molecular flexibility index (Phi) is 6.34. The molecule has 0 radical (unpaired) electrons. The monoisotopic (exact) mass is 392 g/mol. The van der Waals surface area contributed by atoms with E-state index < -0.39 is 11.9 Å².